The first kappa shape index (κ1) is 46.0. The summed E-state index contributed by atoms with van der Waals surface area (Å²) in [4.78, 5) is 58.9. The first-order valence-corrected chi connectivity index (χ1v) is 18.0. The summed E-state index contributed by atoms with van der Waals surface area (Å²) < 4.78 is 16.4. The van der Waals surface area contributed by atoms with Gasteiger partial charge in [0, 0.05) is 33.4 Å². The van der Waals surface area contributed by atoms with E-state index in [1.807, 2.05) is 34.3 Å². The number of likely N-dealkylation sites (N-methyl/N-ethyl adjacent to an activating group) is 2. The number of unbranched alkanes of at least 4 members (excludes halogenated alkanes) is 7. The van der Waals surface area contributed by atoms with E-state index in [0.29, 0.717) is 54.4 Å². The summed E-state index contributed by atoms with van der Waals surface area (Å²) in [6, 6.07) is 0. The molecule has 0 fully saturated rings. The number of nitrogens with zero attached hydrogens (tertiary/aromatic N) is 2. The summed E-state index contributed by atoms with van der Waals surface area (Å²) in [6.45, 7) is 7.45. The zero-order valence-corrected chi connectivity index (χ0v) is 31.6. The third-order valence-electron chi connectivity index (χ3n) is 8.03. The summed E-state index contributed by atoms with van der Waals surface area (Å²) in [5.41, 5.74) is 0. The van der Waals surface area contributed by atoms with Crippen LogP contribution < -0.4 is 10.6 Å². The van der Waals surface area contributed by atoms with E-state index in [4.69, 9.17) is 14.2 Å². The number of quaternary nitrogens is 2. The van der Waals surface area contributed by atoms with E-state index in [-0.39, 0.29) is 56.0 Å². The highest BCUT2D eigenvalue weighted by atomic mass is 16.6. The predicted molar refractivity (Wildman–Crippen MR) is 189 cm³/mol. The highest BCUT2D eigenvalue weighted by Crippen LogP contribution is 2.16. The zero-order valence-electron chi connectivity index (χ0n) is 31.6. The van der Waals surface area contributed by atoms with E-state index in [0.717, 1.165) is 57.8 Å². The molecule has 3 N–H and O–H groups in total. The SMILES string of the molecule is CCCCCC(OC(=O)C[N+](C)(C)CCOC(C)=O)C(O)C/C=C\CCCCCCCC(=O)NCCNC(=O)C[N+](C)(C)CCOC(C)=O. The lowest BCUT2D eigenvalue weighted by molar-refractivity contribution is -0.883. The number of ether oxygens (including phenoxy) is 3. The lowest BCUT2D eigenvalue weighted by atomic mass is 10.0. The van der Waals surface area contributed by atoms with Crippen molar-refractivity contribution < 1.29 is 52.3 Å². The standard InChI is InChI=1S/C36H66N4O9/c1-8-9-16-20-33(49-36(46)29-40(6,7)25-27-48-31(3)42)32(43)19-17-14-12-10-11-13-15-18-21-34(44)37-22-23-38-35(45)28-39(4,5)24-26-47-30(2)41/h14,17,32-33,43H,8-13,15-16,18-29H2,1-7H3/p+2/b17-14-. The van der Waals surface area contributed by atoms with Gasteiger partial charge in [-0.1, -0.05) is 51.2 Å². The van der Waals surface area contributed by atoms with Crippen LogP contribution in [0.25, 0.3) is 0 Å². The van der Waals surface area contributed by atoms with Gasteiger partial charge < -0.3 is 38.9 Å². The number of esters is 3. The van der Waals surface area contributed by atoms with Crippen LogP contribution in [-0.4, -0.2) is 137 Å². The van der Waals surface area contributed by atoms with Crippen LogP contribution in [0.4, 0.5) is 0 Å². The molecule has 13 nitrogen and oxygen atoms in total. The van der Waals surface area contributed by atoms with Crippen molar-refractivity contribution >= 4 is 29.7 Å². The van der Waals surface area contributed by atoms with Crippen LogP contribution in [-0.2, 0) is 38.2 Å². The number of nitrogens with one attached hydrogen (secondary N) is 2. The number of carbonyl (C=O) groups excluding carboxylic acids is 5. The molecule has 0 rings (SSSR count). The molecule has 2 unspecified atom stereocenters. The van der Waals surface area contributed by atoms with Gasteiger partial charge in [-0.05, 0) is 38.5 Å². The quantitative estimate of drug-likeness (QED) is 0.0351. The van der Waals surface area contributed by atoms with Crippen molar-refractivity contribution in [2.24, 2.45) is 0 Å². The van der Waals surface area contributed by atoms with Crippen molar-refractivity contribution in [1.82, 2.24) is 10.6 Å². The maximum Gasteiger partial charge on any atom is 0.362 e. The number of aliphatic hydroxyl groups is 1. The van der Waals surface area contributed by atoms with Crippen molar-refractivity contribution in [2.75, 3.05) is 80.7 Å². The third-order valence-corrected chi connectivity index (χ3v) is 8.03. The van der Waals surface area contributed by atoms with Crippen LogP contribution in [0.5, 0.6) is 0 Å². The van der Waals surface area contributed by atoms with Crippen molar-refractivity contribution in [2.45, 2.75) is 110 Å². The lowest BCUT2D eigenvalue weighted by Crippen LogP contribution is -2.50. The van der Waals surface area contributed by atoms with Crippen molar-refractivity contribution in [1.29, 1.82) is 0 Å². The molecule has 49 heavy (non-hydrogen) atoms. The number of allylic oxidation sites excluding steroid dienone is 1. The average Bonchev–Trinajstić information content (AvgIpc) is 2.98. The fourth-order valence-corrected chi connectivity index (χ4v) is 5.03. The summed E-state index contributed by atoms with van der Waals surface area (Å²) in [5.74, 6) is -1.20. The van der Waals surface area contributed by atoms with Crippen LogP contribution in [0.1, 0.15) is 97.8 Å². The van der Waals surface area contributed by atoms with Crippen LogP contribution in [0.3, 0.4) is 0 Å². The molecule has 0 aliphatic rings. The van der Waals surface area contributed by atoms with Gasteiger partial charge in [0.15, 0.2) is 13.1 Å². The second-order valence-corrected chi connectivity index (χ2v) is 14.1. The number of carbonyl (C=O) groups is 5. The Hall–Kier alpha value is -3.03. The Balaban J connectivity index is 4.16. The highest BCUT2D eigenvalue weighted by molar-refractivity contribution is 5.77. The molecule has 0 bridgehead atoms. The van der Waals surface area contributed by atoms with Crippen LogP contribution >= 0.6 is 0 Å². The Morgan fingerprint density at radius 1 is 0.714 bits per heavy atom. The largest absolute Gasteiger partial charge is 0.460 e. The van der Waals surface area contributed by atoms with Gasteiger partial charge >= 0.3 is 17.9 Å². The van der Waals surface area contributed by atoms with E-state index in [2.05, 4.69) is 23.6 Å². The van der Waals surface area contributed by atoms with Gasteiger partial charge in [-0.2, -0.15) is 0 Å². The van der Waals surface area contributed by atoms with Crippen LogP contribution in [0, 0.1) is 0 Å². The van der Waals surface area contributed by atoms with E-state index in [1.54, 1.807) is 0 Å². The molecule has 0 aliphatic heterocycles. The average molecular weight is 701 g/mol. The fraction of sp³-hybridized carbons (Fsp3) is 0.806. The normalized spacial score (nSPS) is 13.1. The minimum atomic E-state index is -0.771. The Bertz CT molecular complexity index is 1000. The van der Waals surface area contributed by atoms with Crippen molar-refractivity contribution in [3.05, 3.63) is 12.2 Å². The molecule has 2 amide bonds. The van der Waals surface area contributed by atoms with Crippen molar-refractivity contribution in [3.8, 4) is 0 Å². The molecule has 0 aliphatic carbocycles. The molecule has 0 aromatic carbocycles. The highest BCUT2D eigenvalue weighted by Gasteiger charge is 2.27. The van der Waals surface area contributed by atoms with E-state index < -0.39 is 12.2 Å². The summed E-state index contributed by atoms with van der Waals surface area (Å²) in [6.07, 6.45) is 12.9. The topological polar surface area (TPSA) is 157 Å². The number of amides is 2. The molecule has 284 valence electrons. The second-order valence-electron chi connectivity index (χ2n) is 14.1. The minimum absolute atomic E-state index is 0.0195. The Morgan fingerprint density at radius 2 is 1.27 bits per heavy atom. The molecular weight excluding hydrogens is 632 g/mol. The smallest absolute Gasteiger partial charge is 0.362 e. The summed E-state index contributed by atoms with van der Waals surface area (Å²) in [7, 11) is 7.54. The third kappa shape index (κ3) is 28.5. The molecular formula is C36H68N4O9+2. The van der Waals surface area contributed by atoms with Gasteiger partial charge in [0.05, 0.1) is 34.3 Å². The van der Waals surface area contributed by atoms with Gasteiger partial charge in [0.1, 0.15) is 32.4 Å². The first-order chi connectivity index (χ1) is 23.1. The van der Waals surface area contributed by atoms with Crippen molar-refractivity contribution in [3.63, 3.8) is 0 Å². The molecule has 0 saturated heterocycles. The van der Waals surface area contributed by atoms with Gasteiger partial charge in [-0.15, -0.1) is 0 Å². The minimum Gasteiger partial charge on any atom is -0.460 e. The Labute approximate surface area is 295 Å². The molecule has 0 spiro atoms. The van der Waals surface area contributed by atoms with Gasteiger partial charge in [-0.3, -0.25) is 19.2 Å². The number of hydrogen-bond donors (Lipinski definition) is 3. The number of rotatable bonds is 29. The van der Waals surface area contributed by atoms with Gasteiger partial charge in [0.25, 0.3) is 5.91 Å². The molecule has 0 radical (unpaired) electrons. The predicted octanol–water partition coefficient (Wildman–Crippen LogP) is 3.03. The monoisotopic (exact) mass is 700 g/mol. The summed E-state index contributed by atoms with van der Waals surface area (Å²) in [5, 5.41) is 16.5. The maximum absolute atomic E-state index is 12.7. The molecule has 0 heterocycles. The zero-order chi connectivity index (χ0) is 37.1. The second kappa shape index (κ2) is 26.8. The number of aliphatic hydroxyl groups excluding tert-OH is 1. The van der Waals surface area contributed by atoms with Crippen LogP contribution in [0.2, 0.25) is 0 Å². The van der Waals surface area contributed by atoms with E-state index >= 15 is 0 Å². The first-order valence-electron chi connectivity index (χ1n) is 18.0. The lowest BCUT2D eigenvalue weighted by Gasteiger charge is -2.30. The molecule has 0 saturated carbocycles. The molecule has 0 aromatic heterocycles. The maximum atomic E-state index is 12.7. The van der Waals surface area contributed by atoms with Gasteiger partial charge in [0.2, 0.25) is 5.91 Å². The molecule has 2 atom stereocenters. The van der Waals surface area contributed by atoms with E-state index in [9.17, 15) is 29.1 Å². The Kier molecular flexibility index (Phi) is 25.1. The Morgan fingerprint density at radius 3 is 1.86 bits per heavy atom. The van der Waals surface area contributed by atoms with Gasteiger partial charge in [-0.25, -0.2) is 4.79 Å². The molecule has 13 heteroatoms. The number of hydrogen-bond acceptors (Lipinski definition) is 9. The summed E-state index contributed by atoms with van der Waals surface area (Å²) >= 11 is 0. The molecule has 0 aromatic rings. The van der Waals surface area contributed by atoms with Crippen LogP contribution in [0.15, 0.2) is 12.2 Å². The van der Waals surface area contributed by atoms with E-state index in [1.165, 1.54) is 13.8 Å². The fourth-order valence-electron chi connectivity index (χ4n) is 5.03.